The van der Waals surface area contributed by atoms with E-state index in [1.54, 1.807) is 12.1 Å². The van der Waals surface area contributed by atoms with Gasteiger partial charge in [-0.15, -0.1) is 0 Å². The number of benzene rings is 2. The molecular weight excluding hydrogens is 302 g/mol. The van der Waals surface area contributed by atoms with Crippen LogP contribution < -0.4 is 5.43 Å². The molecule has 0 bridgehead atoms. The van der Waals surface area contributed by atoms with Crippen LogP contribution in [0, 0.1) is 13.8 Å². The maximum atomic E-state index is 12.9. The zero-order valence-corrected chi connectivity index (χ0v) is 14.4. The fraction of sp³-hybridized carbons (Fsp3) is 0.250. The second kappa shape index (κ2) is 6.13. The molecule has 4 nitrogen and oxygen atoms in total. The van der Waals surface area contributed by atoms with Crippen LogP contribution in [0.3, 0.4) is 0 Å². The van der Waals surface area contributed by atoms with E-state index in [0.717, 1.165) is 11.1 Å². The van der Waals surface area contributed by atoms with E-state index in [2.05, 4.69) is 0 Å². The number of hydrogen-bond acceptors (Lipinski definition) is 4. The number of nitrogens with zero attached hydrogens (tertiary/aromatic N) is 1. The highest BCUT2D eigenvalue weighted by Crippen LogP contribution is 2.29. The Labute approximate surface area is 141 Å². The number of rotatable bonds is 3. The maximum absolute atomic E-state index is 12.9. The Hall–Kier alpha value is -2.59. The molecule has 0 aliphatic carbocycles. The van der Waals surface area contributed by atoms with Crippen LogP contribution in [0.4, 0.5) is 0 Å². The summed E-state index contributed by atoms with van der Waals surface area (Å²) in [5.41, 5.74) is 4.68. The minimum absolute atomic E-state index is 0.0838. The van der Waals surface area contributed by atoms with Gasteiger partial charge in [-0.1, -0.05) is 18.2 Å². The van der Waals surface area contributed by atoms with Crippen LogP contribution in [0.25, 0.3) is 22.1 Å². The summed E-state index contributed by atoms with van der Waals surface area (Å²) in [7, 11) is 3.81. The van der Waals surface area contributed by atoms with E-state index in [4.69, 9.17) is 4.42 Å². The molecule has 1 heterocycles. The number of aryl methyl sites for hydroxylation is 2. The lowest BCUT2D eigenvalue weighted by Gasteiger charge is -2.13. The smallest absolute Gasteiger partial charge is 0.200 e. The van der Waals surface area contributed by atoms with Crippen molar-refractivity contribution in [3.8, 4) is 16.9 Å². The van der Waals surface area contributed by atoms with Crippen LogP contribution in [0.2, 0.25) is 0 Å². The van der Waals surface area contributed by atoms with Crippen molar-refractivity contribution in [2.24, 2.45) is 0 Å². The van der Waals surface area contributed by atoms with Gasteiger partial charge in [0.15, 0.2) is 0 Å². The number of hydrogen-bond donors (Lipinski definition) is 1. The van der Waals surface area contributed by atoms with Gasteiger partial charge in [-0.2, -0.15) is 0 Å². The monoisotopic (exact) mass is 323 g/mol. The second-order valence-corrected chi connectivity index (χ2v) is 6.46. The van der Waals surface area contributed by atoms with Crippen LogP contribution in [0.5, 0.6) is 5.75 Å². The standard InChI is InChI=1S/C20H21NO3/c1-12-5-6-14(9-13(12)2)17-11-24-20-15(19(17)23)7-8-18(22)16(20)10-21(3)4/h5-9,11,22H,10H2,1-4H3. The summed E-state index contributed by atoms with van der Waals surface area (Å²) in [6.07, 6.45) is 1.49. The summed E-state index contributed by atoms with van der Waals surface area (Å²) in [5, 5.41) is 10.6. The minimum Gasteiger partial charge on any atom is -0.507 e. The number of phenolic OH excluding ortho intramolecular Hbond substituents is 1. The van der Waals surface area contributed by atoms with Crippen LogP contribution in [0.15, 0.2) is 45.8 Å². The molecule has 1 aromatic heterocycles. The molecule has 2 aromatic carbocycles. The highest BCUT2D eigenvalue weighted by molar-refractivity contribution is 5.85. The molecule has 24 heavy (non-hydrogen) atoms. The molecular formula is C20H21NO3. The summed E-state index contributed by atoms with van der Waals surface area (Å²) in [6.45, 7) is 4.56. The van der Waals surface area contributed by atoms with E-state index in [0.29, 0.717) is 28.6 Å². The zero-order chi connectivity index (χ0) is 17.4. The van der Waals surface area contributed by atoms with Crippen molar-refractivity contribution in [3.63, 3.8) is 0 Å². The first-order valence-corrected chi connectivity index (χ1v) is 7.87. The van der Waals surface area contributed by atoms with E-state index < -0.39 is 0 Å². The first-order valence-electron chi connectivity index (χ1n) is 7.87. The lowest BCUT2D eigenvalue weighted by molar-refractivity contribution is 0.384. The highest BCUT2D eigenvalue weighted by Gasteiger charge is 2.15. The first-order chi connectivity index (χ1) is 11.4. The lowest BCUT2D eigenvalue weighted by atomic mass is 10.00. The van der Waals surface area contributed by atoms with Gasteiger partial charge in [-0.25, -0.2) is 0 Å². The fourth-order valence-electron chi connectivity index (χ4n) is 2.82. The molecule has 0 aliphatic heterocycles. The number of phenols is 1. The highest BCUT2D eigenvalue weighted by atomic mass is 16.3. The number of aromatic hydroxyl groups is 1. The van der Waals surface area contributed by atoms with Crippen LogP contribution in [0.1, 0.15) is 16.7 Å². The SMILES string of the molecule is Cc1ccc(-c2coc3c(CN(C)C)c(O)ccc3c2=O)cc1C. The Morgan fingerprint density at radius 3 is 2.50 bits per heavy atom. The van der Waals surface area contributed by atoms with Crippen molar-refractivity contribution < 1.29 is 9.52 Å². The van der Waals surface area contributed by atoms with E-state index in [9.17, 15) is 9.90 Å². The van der Waals surface area contributed by atoms with Gasteiger partial charge < -0.3 is 14.4 Å². The van der Waals surface area contributed by atoms with Gasteiger partial charge in [0.1, 0.15) is 17.6 Å². The zero-order valence-electron chi connectivity index (χ0n) is 14.4. The Kier molecular flexibility index (Phi) is 4.16. The van der Waals surface area contributed by atoms with Crippen LogP contribution in [-0.4, -0.2) is 24.1 Å². The average Bonchev–Trinajstić information content (AvgIpc) is 2.53. The summed E-state index contributed by atoms with van der Waals surface area (Å²) >= 11 is 0. The van der Waals surface area contributed by atoms with Crippen molar-refractivity contribution in [3.05, 3.63) is 63.5 Å². The van der Waals surface area contributed by atoms with Crippen molar-refractivity contribution in [2.75, 3.05) is 14.1 Å². The Balaban J connectivity index is 2.23. The third-order valence-electron chi connectivity index (χ3n) is 4.31. The third kappa shape index (κ3) is 2.81. The maximum Gasteiger partial charge on any atom is 0.200 e. The predicted molar refractivity (Wildman–Crippen MR) is 96.4 cm³/mol. The van der Waals surface area contributed by atoms with Crippen molar-refractivity contribution >= 4 is 11.0 Å². The van der Waals surface area contributed by atoms with E-state index >= 15 is 0 Å². The van der Waals surface area contributed by atoms with Gasteiger partial charge in [0.25, 0.3) is 0 Å². The Bertz CT molecular complexity index is 971. The topological polar surface area (TPSA) is 53.7 Å². The fourth-order valence-corrected chi connectivity index (χ4v) is 2.82. The van der Waals surface area contributed by atoms with Gasteiger partial charge >= 0.3 is 0 Å². The first kappa shape index (κ1) is 16.3. The molecule has 0 unspecified atom stereocenters. The molecule has 0 aliphatic rings. The molecule has 0 saturated heterocycles. The van der Waals surface area contributed by atoms with Gasteiger partial charge in [0.2, 0.25) is 5.43 Å². The second-order valence-electron chi connectivity index (χ2n) is 6.46. The van der Waals surface area contributed by atoms with Gasteiger partial charge in [0.05, 0.1) is 16.5 Å². The molecule has 0 radical (unpaired) electrons. The number of fused-ring (bicyclic) bond motifs is 1. The van der Waals surface area contributed by atoms with Crippen molar-refractivity contribution in [1.82, 2.24) is 4.90 Å². The molecule has 0 saturated carbocycles. The summed E-state index contributed by atoms with van der Waals surface area (Å²) < 4.78 is 5.77. The van der Waals surface area contributed by atoms with Crippen LogP contribution >= 0.6 is 0 Å². The molecule has 3 aromatic rings. The van der Waals surface area contributed by atoms with E-state index in [-0.39, 0.29) is 11.2 Å². The largest absolute Gasteiger partial charge is 0.507 e. The average molecular weight is 323 g/mol. The lowest BCUT2D eigenvalue weighted by Crippen LogP contribution is -2.12. The normalized spacial score (nSPS) is 11.4. The quantitative estimate of drug-likeness (QED) is 0.795. The molecule has 0 spiro atoms. The third-order valence-corrected chi connectivity index (χ3v) is 4.31. The van der Waals surface area contributed by atoms with Gasteiger partial charge in [-0.3, -0.25) is 4.79 Å². The van der Waals surface area contributed by atoms with E-state index in [1.807, 2.05) is 51.0 Å². The van der Waals surface area contributed by atoms with E-state index in [1.165, 1.54) is 11.8 Å². The molecule has 0 atom stereocenters. The Morgan fingerprint density at radius 1 is 1.08 bits per heavy atom. The molecule has 124 valence electrons. The molecule has 0 amide bonds. The summed E-state index contributed by atoms with van der Waals surface area (Å²) in [6, 6.07) is 9.11. The van der Waals surface area contributed by atoms with Crippen LogP contribution in [-0.2, 0) is 6.54 Å². The van der Waals surface area contributed by atoms with Crippen molar-refractivity contribution in [1.29, 1.82) is 0 Å². The summed E-state index contributed by atoms with van der Waals surface area (Å²) in [5.74, 6) is 0.137. The predicted octanol–water partition coefficient (Wildman–Crippen LogP) is 3.84. The van der Waals surface area contributed by atoms with Gasteiger partial charge in [0, 0.05) is 6.54 Å². The van der Waals surface area contributed by atoms with Gasteiger partial charge in [-0.05, 0) is 56.8 Å². The molecule has 0 fully saturated rings. The van der Waals surface area contributed by atoms with Crippen molar-refractivity contribution in [2.45, 2.75) is 20.4 Å². The minimum atomic E-state index is -0.0838. The molecule has 4 heteroatoms. The molecule has 1 N–H and O–H groups in total. The molecule has 3 rings (SSSR count). The Morgan fingerprint density at radius 2 is 1.83 bits per heavy atom. The summed E-state index contributed by atoms with van der Waals surface area (Å²) in [4.78, 5) is 14.8.